The second kappa shape index (κ2) is 7.55. The minimum Gasteiger partial charge on any atom is -0.406 e. The maximum absolute atomic E-state index is 12.4. The molecule has 5 nitrogen and oxygen atoms in total. The van der Waals surface area contributed by atoms with E-state index in [2.05, 4.69) is 15.4 Å². The van der Waals surface area contributed by atoms with Crippen LogP contribution < -0.4 is 15.4 Å². The number of hydrogen-bond donors (Lipinski definition) is 2. The van der Waals surface area contributed by atoms with Gasteiger partial charge in [-0.2, -0.15) is 0 Å². The van der Waals surface area contributed by atoms with Gasteiger partial charge in [0.1, 0.15) is 11.8 Å². The topological polar surface area (TPSA) is 67.4 Å². The van der Waals surface area contributed by atoms with Crippen LogP contribution in [-0.4, -0.2) is 24.2 Å². The zero-order valence-electron chi connectivity index (χ0n) is 13.2. The Labute approximate surface area is 137 Å². The van der Waals surface area contributed by atoms with Gasteiger partial charge >= 0.3 is 6.36 Å². The highest BCUT2D eigenvalue weighted by atomic mass is 19.4. The molecule has 0 bridgehead atoms. The Morgan fingerprint density at radius 3 is 2.25 bits per heavy atom. The van der Waals surface area contributed by atoms with Crippen molar-refractivity contribution in [2.75, 3.05) is 5.32 Å². The lowest BCUT2D eigenvalue weighted by Gasteiger charge is -2.23. The van der Waals surface area contributed by atoms with Crippen molar-refractivity contribution in [2.45, 2.75) is 45.0 Å². The molecule has 0 unspecified atom stereocenters. The number of anilines is 1. The highest BCUT2D eigenvalue weighted by molar-refractivity contribution is 5.97. The largest absolute Gasteiger partial charge is 0.573 e. The van der Waals surface area contributed by atoms with Crippen LogP contribution in [0.25, 0.3) is 0 Å². The number of nitrogens with one attached hydrogen (secondary N) is 2. The van der Waals surface area contributed by atoms with Gasteiger partial charge in [0.25, 0.3) is 0 Å². The van der Waals surface area contributed by atoms with E-state index in [1.165, 1.54) is 19.1 Å². The normalized spacial score (nSPS) is 16.5. The number of alkyl halides is 3. The summed E-state index contributed by atoms with van der Waals surface area (Å²) in [5.74, 6) is -0.964. The highest BCUT2D eigenvalue weighted by Gasteiger charge is 2.32. The van der Waals surface area contributed by atoms with Crippen LogP contribution in [0.4, 0.5) is 18.9 Å². The first kappa shape index (κ1) is 18.1. The summed E-state index contributed by atoms with van der Waals surface area (Å²) in [5.41, 5.74) is 0.336. The second-order valence-corrected chi connectivity index (χ2v) is 5.78. The standard InChI is InChI=1S/C16H19F3N2O3/c1-10(22)20-14(11-4-2-3-5-11)15(23)21-12-6-8-13(9-7-12)24-16(17,18)19/h6-9,11,14H,2-5H2,1H3,(H,20,22)(H,21,23)/t14-/m0/s1. The Kier molecular flexibility index (Phi) is 5.69. The van der Waals surface area contributed by atoms with Crippen LogP contribution >= 0.6 is 0 Å². The number of carbonyl (C=O) groups is 2. The van der Waals surface area contributed by atoms with E-state index in [4.69, 9.17) is 0 Å². The van der Waals surface area contributed by atoms with E-state index in [9.17, 15) is 22.8 Å². The minimum atomic E-state index is -4.76. The first-order chi connectivity index (χ1) is 11.2. The van der Waals surface area contributed by atoms with Crippen molar-refractivity contribution in [1.29, 1.82) is 0 Å². The maximum atomic E-state index is 12.4. The molecule has 132 valence electrons. The van der Waals surface area contributed by atoms with E-state index in [1.807, 2.05) is 0 Å². The molecule has 2 amide bonds. The van der Waals surface area contributed by atoms with Crippen molar-refractivity contribution in [2.24, 2.45) is 5.92 Å². The summed E-state index contributed by atoms with van der Waals surface area (Å²) in [6, 6.07) is 4.23. The summed E-state index contributed by atoms with van der Waals surface area (Å²) in [5, 5.41) is 5.28. The van der Waals surface area contributed by atoms with Gasteiger partial charge in [-0.05, 0) is 43.0 Å². The van der Waals surface area contributed by atoms with Crippen LogP contribution in [0.15, 0.2) is 24.3 Å². The Hall–Kier alpha value is -2.25. The van der Waals surface area contributed by atoms with Gasteiger partial charge in [-0.15, -0.1) is 13.2 Å². The molecule has 24 heavy (non-hydrogen) atoms. The van der Waals surface area contributed by atoms with Crippen LogP contribution in [0, 0.1) is 5.92 Å². The molecule has 1 aromatic carbocycles. The van der Waals surface area contributed by atoms with Gasteiger partial charge < -0.3 is 15.4 Å². The summed E-state index contributed by atoms with van der Waals surface area (Å²) >= 11 is 0. The fourth-order valence-electron chi connectivity index (χ4n) is 2.87. The second-order valence-electron chi connectivity index (χ2n) is 5.78. The lowest BCUT2D eigenvalue weighted by molar-refractivity contribution is -0.274. The van der Waals surface area contributed by atoms with E-state index in [0.717, 1.165) is 37.8 Å². The monoisotopic (exact) mass is 344 g/mol. The highest BCUT2D eigenvalue weighted by Crippen LogP contribution is 2.29. The summed E-state index contributed by atoms with van der Waals surface area (Å²) < 4.78 is 40.1. The van der Waals surface area contributed by atoms with Gasteiger partial charge in [0.05, 0.1) is 0 Å². The number of benzene rings is 1. The third-order valence-electron chi connectivity index (χ3n) is 3.87. The van der Waals surface area contributed by atoms with Gasteiger partial charge in [-0.3, -0.25) is 9.59 Å². The fourth-order valence-corrected chi connectivity index (χ4v) is 2.87. The molecule has 0 spiro atoms. The van der Waals surface area contributed by atoms with Gasteiger partial charge in [0.2, 0.25) is 11.8 Å². The molecule has 1 aliphatic carbocycles. The van der Waals surface area contributed by atoms with E-state index < -0.39 is 12.4 Å². The van der Waals surface area contributed by atoms with Gasteiger partial charge in [0, 0.05) is 12.6 Å². The van der Waals surface area contributed by atoms with Gasteiger partial charge in [-0.25, -0.2) is 0 Å². The number of amides is 2. The molecule has 2 rings (SSSR count). The van der Waals surface area contributed by atoms with Crippen LogP contribution in [0.1, 0.15) is 32.6 Å². The minimum absolute atomic E-state index is 0.0711. The molecule has 0 saturated heterocycles. The summed E-state index contributed by atoms with van der Waals surface area (Å²) in [6.07, 6.45) is -1.02. The Morgan fingerprint density at radius 1 is 1.17 bits per heavy atom. The van der Waals surface area contributed by atoms with E-state index in [0.29, 0.717) is 5.69 Å². The molecular weight excluding hydrogens is 325 g/mol. The van der Waals surface area contributed by atoms with Crippen molar-refractivity contribution in [1.82, 2.24) is 5.32 Å². The summed E-state index contributed by atoms with van der Waals surface area (Å²) in [6.45, 7) is 1.35. The molecule has 8 heteroatoms. The average molecular weight is 344 g/mol. The smallest absolute Gasteiger partial charge is 0.406 e. The Morgan fingerprint density at radius 2 is 1.75 bits per heavy atom. The molecule has 1 aromatic rings. The Bertz CT molecular complexity index is 581. The van der Waals surface area contributed by atoms with E-state index >= 15 is 0 Å². The predicted molar refractivity (Wildman–Crippen MR) is 81.3 cm³/mol. The third kappa shape index (κ3) is 5.43. The summed E-state index contributed by atoms with van der Waals surface area (Å²) in [4.78, 5) is 23.7. The van der Waals surface area contributed by atoms with Gasteiger partial charge in [-0.1, -0.05) is 12.8 Å². The van der Waals surface area contributed by atoms with Crippen molar-refractivity contribution in [3.05, 3.63) is 24.3 Å². The van der Waals surface area contributed by atoms with Crippen molar-refractivity contribution < 1.29 is 27.5 Å². The predicted octanol–water partition coefficient (Wildman–Crippen LogP) is 3.22. The molecule has 0 aromatic heterocycles. The van der Waals surface area contributed by atoms with Crippen LogP contribution in [0.5, 0.6) is 5.75 Å². The van der Waals surface area contributed by atoms with Crippen molar-refractivity contribution in [3.63, 3.8) is 0 Å². The molecular formula is C16H19F3N2O3. The Balaban J connectivity index is 2.01. The van der Waals surface area contributed by atoms with Gasteiger partial charge in [0.15, 0.2) is 0 Å². The number of rotatable bonds is 5. The lowest BCUT2D eigenvalue weighted by Crippen LogP contribution is -2.47. The SMILES string of the molecule is CC(=O)N[C@H](C(=O)Nc1ccc(OC(F)(F)F)cc1)C1CCCC1. The third-order valence-corrected chi connectivity index (χ3v) is 3.87. The zero-order valence-corrected chi connectivity index (χ0v) is 13.2. The van der Waals surface area contributed by atoms with Crippen molar-refractivity contribution >= 4 is 17.5 Å². The first-order valence-electron chi connectivity index (χ1n) is 7.68. The van der Waals surface area contributed by atoms with Crippen molar-refractivity contribution in [3.8, 4) is 5.75 Å². The van der Waals surface area contributed by atoms with E-state index in [1.54, 1.807) is 0 Å². The van der Waals surface area contributed by atoms with Crippen LogP contribution in [0.2, 0.25) is 0 Å². The zero-order chi connectivity index (χ0) is 17.7. The first-order valence-corrected chi connectivity index (χ1v) is 7.68. The molecule has 1 aliphatic rings. The molecule has 0 aliphatic heterocycles. The average Bonchev–Trinajstić information content (AvgIpc) is 2.99. The molecule has 0 heterocycles. The number of halogens is 3. The molecule has 1 saturated carbocycles. The molecule has 1 fully saturated rings. The number of ether oxygens (including phenoxy) is 1. The maximum Gasteiger partial charge on any atom is 0.573 e. The summed E-state index contributed by atoms with van der Waals surface area (Å²) in [7, 11) is 0. The quantitative estimate of drug-likeness (QED) is 0.862. The number of carbonyl (C=O) groups excluding carboxylic acids is 2. The fraction of sp³-hybridized carbons (Fsp3) is 0.500. The molecule has 1 atom stereocenters. The molecule has 0 radical (unpaired) electrons. The van der Waals surface area contributed by atoms with E-state index in [-0.39, 0.29) is 23.5 Å². The van der Waals surface area contributed by atoms with Crippen LogP contribution in [0.3, 0.4) is 0 Å². The van der Waals surface area contributed by atoms with Crippen LogP contribution in [-0.2, 0) is 9.59 Å². The molecule has 2 N–H and O–H groups in total. The lowest BCUT2D eigenvalue weighted by atomic mass is 9.97. The number of hydrogen-bond acceptors (Lipinski definition) is 3.